The van der Waals surface area contributed by atoms with Crippen molar-refractivity contribution in [2.75, 3.05) is 32.0 Å². The van der Waals surface area contributed by atoms with Gasteiger partial charge in [-0.15, -0.1) is 5.10 Å². The number of carbonyl (C=O) groups excluding carboxylic acids is 1. The zero-order chi connectivity index (χ0) is 22.6. The summed E-state index contributed by atoms with van der Waals surface area (Å²) in [4.78, 5) is 15.1. The van der Waals surface area contributed by atoms with Crippen LogP contribution in [-0.2, 0) is 11.3 Å². The van der Waals surface area contributed by atoms with E-state index >= 15 is 0 Å². The van der Waals surface area contributed by atoms with Gasteiger partial charge < -0.3 is 10.5 Å². The van der Waals surface area contributed by atoms with Gasteiger partial charge >= 0.3 is 0 Å². The molecule has 3 N–H and O–H groups in total. The Kier molecular flexibility index (Phi) is 5.74. The molecule has 33 heavy (non-hydrogen) atoms. The second-order valence-electron chi connectivity index (χ2n) is 7.43. The maximum absolute atomic E-state index is 13.0. The van der Waals surface area contributed by atoms with Crippen LogP contribution in [0.4, 0.5) is 5.82 Å². The number of benzene rings is 2. The normalized spacial score (nSPS) is 14.8. The summed E-state index contributed by atoms with van der Waals surface area (Å²) < 4.78 is 11.5. The molecule has 12 heteroatoms. The predicted octanol–water partition coefficient (Wildman–Crippen LogP) is 0.982. The molecule has 5 rings (SSSR count). The van der Waals surface area contributed by atoms with Crippen molar-refractivity contribution >= 4 is 28.7 Å². The summed E-state index contributed by atoms with van der Waals surface area (Å²) in [6.07, 6.45) is 1.60. The first-order chi connectivity index (χ1) is 16.2. The van der Waals surface area contributed by atoms with Crippen LogP contribution in [0.25, 0.3) is 16.6 Å². The van der Waals surface area contributed by atoms with Crippen LogP contribution in [0.15, 0.2) is 52.2 Å². The molecule has 2 aromatic carbocycles. The average Bonchev–Trinajstić information content (AvgIpc) is 3.45. The van der Waals surface area contributed by atoms with Gasteiger partial charge in [-0.3, -0.25) is 9.69 Å². The van der Waals surface area contributed by atoms with Crippen LogP contribution in [0.2, 0.25) is 0 Å². The van der Waals surface area contributed by atoms with E-state index in [-0.39, 0.29) is 17.3 Å². The molecular formula is C21H21N9O3. The third-order valence-electron chi connectivity index (χ3n) is 5.34. The Morgan fingerprint density at radius 1 is 1.15 bits per heavy atom. The zero-order valence-electron chi connectivity index (χ0n) is 17.6. The second-order valence-corrected chi connectivity index (χ2v) is 7.43. The van der Waals surface area contributed by atoms with E-state index in [9.17, 15) is 4.79 Å². The van der Waals surface area contributed by atoms with Crippen molar-refractivity contribution in [2.24, 2.45) is 5.10 Å². The Bertz CT molecular complexity index is 1300. The summed E-state index contributed by atoms with van der Waals surface area (Å²) in [7, 11) is 0. The Morgan fingerprint density at radius 2 is 1.97 bits per heavy atom. The highest BCUT2D eigenvalue weighted by molar-refractivity contribution is 6.00. The summed E-state index contributed by atoms with van der Waals surface area (Å²) in [5, 5.41) is 21.8. The number of carbonyl (C=O) groups is 1. The average molecular weight is 447 g/mol. The van der Waals surface area contributed by atoms with E-state index in [0.29, 0.717) is 38.5 Å². The number of nitrogens with zero attached hydrogens (tertiary/aromatic N) is 7. The topological polar surface area (TPSA) is 150 Å². The third kappa shape index (κ3) is 4.29. The number of aromatic nitrogens is 5. The van der Waals surface area contributed by atoms with Gasteiger partial charge in [0, 0.05) is 25.2 Å². The molecule has 168 valence electrons. The molecule has 12 nitrogen and oxygen atoms in total. The van der Waals surface area contributed by atoms with Gasteiger partial charge in [0.15, 0.2) is 5.69 Å². The highest BCUT2D eigenvalue weighted by atomic mass is 16.6. The fourth-order valence-electron chi connectivity index (χ4n) is 3.68. The van der Waals surface area contributed by atoms with Crippen molar-refractivity contribution in [3.8, 4) is 5.82 Å². The number of anilines is 1. The maximum Gasteiger partial charge on any atom is 0.293 e. The van der Waals surface area contributed by atoms with E-state index in [1.165, 1.54) is 4.68 Å². The molecule has 0 unspecified atom stereocenters. The van der Waals surface area contributed by atoms with E-state index in [4.69, 9.17) is 15.1 Å². The number of amides is 1. The highest BCUT2D eigenvalue weighted by Crippen LogP contribution is 2.19. The lowest BCUT2D eigenvalue weighted by atomic mass is 10.1. The van der Waals surface area contributed by atoms with Crippen molar-refractivity contribution in [1.29, 1.82) is 0 Å². The first-order valence-electron chi connectivity index (χ1n) is 10.3. The maximum atomic E-state index is 13.0. The molecule has 2 aromatic heterocycles. The summed E-state index contributed by atoms with van der Waals surface area (Å²) >= 11 is 0. The van der Waals surface area contributed by atoms with Crippen LogP contribution >= 0.6 is 0 Å². The molecule has 0 aliphatic carbocycles. The standard InChI is InChI=1S/C21H21N9O3/c22-19-20(27-33-26-19)30-17(13-29-8-10-32-11-9-29)18(24-28-30)21(31)25-23-12-15-6-3-5-14-4-1-2-7-16(14)15/h1-7,12H,8-11,13H2,(H2,22,26)(H,25,31)/b23-12-. The van der Waals surface area contributed by atoms with E-state index in [0.717, 1.165) is 16.3 Å². The molecule has 4 aromatic rings. The van der Waals surface area contributed by atoms with E-state index < -0.39 is 5.91 Å². The number of nitrogen functional groups attached to an aromatic ring is 1. The Morgan fingerprint density at radius 3 is 2.79 bits per heavy atom. The van der Waals surface area contributed by atoms with Crippen LogP contribution in [0, 0.1) is 0 Å². The predicted molar refractivity (Wildman–Crippen MR) is 119 cm³/mol. The van der Waals surface area contributed by atoms with Gasteiger partial charge in [0.2, 0.25) is 11.6 Å². The molecule has 0 radical (unpaired) electrons. The number of fused-ring (bicyclic) bond motifs is 1. The van der Waals surface area contributed by atoms with Crippen molar-refractivity contribution in [2.45, 2.75) is 6.54 Å². The van der Waals surface area contributed by atoms with E-state index in [1.54, 1.807) is 6.21 Å². The van der Waals surface area contributed by atoms with Gasteiger partial charge in [-0.05, 0) is 21.1 Å². The lowest BCUT2D eigenvalue weighted by Gasteiger charge is -2.26. The largest absolute Gasteiger partial charge is 0.379 e. The molecule has 3 heterocycles. The smallest absolute Gasteiger partial charge is 0.293 e. The lowest BCUT2D eigenvalue weighted by molar-refractivity contribution is 0.0332. The molecule has 1 fully saturated rings. The molecular weight excluding hydrogens is 426 g/mol. The quantitative estimate of drug-likeness (QED) is 0.326. The van der Waals surface area contributed by atoms with Crippen molar-refractivity contribution in [1.82, 2.24) is 35.6 Å². The van der Waals surface area contributed by atoms with Gasteiger partial charge in [0.05, 0.1) is 25.1 Å². The zero-order valence-corrected chi connectivity index (χ0v) is 17.6. The van der Waals surface area contributed by atoms with E-state index in [2.05, 4.69) is 36.1 Å². The Balaban J connectivity index is 1.40. The SMILES string of the molecule is Nc1nonc1-n1nnc(C(=O)N/N=C\c2cccc3ccccc23)c1CN1CCOCC1. The van der Waals surface area contributed by atoms with Crippen LogP contribution in [0.1, 0.15) is 21.7 Å². The first-order valence-corrected chi connectivity index (χ1v) is 10.3. The van der Waals surface area contributed by atoms with Gasteiger partial charge in [0.25, 0.3) is 5.91 Å². The first kappa shape index (κ1) is 20.7. The van der Waals surface area contributed by atoms with Gasteiger partial charge in [-0.1, -0.05) is 47.7 Å². The fraction of sp³-hybridized carbons (Fsp3) is 0.238. The molecule has 0 spiro atoms. The minimum Gasteiger partial charge on any atom is -0.379 e. The molecule has 1 saturated heterocycles. The summed E-state index contributed by atoms with van der Waals surface area (Å²) in [5.41, 5.74) is 9.87. The van der Waals surface area contributed by atoms with Gasteiger partial charge in [0.1, 0.15) is 0 Å². The Hall–Kier alpha value is -4.16. The van der Waals surface area contributed by atoms with Crippen LogP contribution in [-0.4, -0.2) is 68.6 Å². The molecule has 1 amide bonds. The fourth-order valence-corrected chi connectivity index (χ4v) is 3.68. The summed E-state index contributed by atoms with van der Waals surface area (Å²) in [6, 6.07) is 13.8. The van der Waals surface area contributed by atoms with Crippen LogP contribution in [0.3, 0.4) is 0 Å². The molecule has 1 aliphatic rings. The minimum absolute atomic E-state index is 0.0454. The van der Waals surface area contributed by atoms with Crippen molar-refractivity contribution in [3.05, 3.63) is 59.4 Å². The second kappa shape index (κ2) is 9.14. The summed E-state index contributed by atoms with van der Waals surface area (Å²) in [6.45, 7) is 3.01. The number of rotatable bonds is 6. The Labute approximate surface area is 187 Å². The number of hydrogen-bond donors (Lipinski definition) is 2. The highest BCUT2D eigenvalue weighted by Gasteiger charge is 2.26. The molecule has 0 atom stereocenters. The lowest BCUT2D eigenvalue weighted by Crippen LogP contribution is -2.37. The number of ether oxygens (including phenoxy) is 1. The van der Waals surface area contributed by atoms with E-state index in [1.807, 2.05) is 42.5 Å². The molecule has 1 aliphatic heterocycles. The third-order valence-corrected chi connectivity index (χ3v) is 5.34. The number of nitrogens with two attached hydrogens (primary N) is 1. The minimum atomic E-state index is -0.504. The van der Waals surface area contributed by atoms with Gasteiger partial charge in [-0.25, -0.2) is 10.1 Å². The summed E-state index contributed by atoms with van der Waals surface area (Å²) in [5.74, 6) is -0.288. The number of hydrazone groups is 1. The number of morpholine rings is 1. The van der Waals surface area contributed by atoms with Crippen LogP contribution in [0.5, 0.6) is 0 Å². The number of nitrogens with one attached hydrogen (secondary N) is 1. The van der Waals surface area contributed by atoms with Crippen molar-refractivity contribution < 1.29 is 14.2 Å². The number of hydrogen-bond acceptors (Lipinski definition) is 10. The molecule has 0 bridgehead atoms. The molecule has 0 saturated carbocycles. The van der Waals surface area contributed by atoms with Crippen LogP contribution < -0.4 is 11.2 Å². The monoisotopic (exact) mass is 447 g/mol. The van der Waals surface area contributed by atoms with Gasteiger partial charge in [-0.2, -0.15) is 9.78 Å². The van der Waals surface area contributed by atoms with Crippen molar-refractivity contribution in [3.63, 3.8) is 0 Å².